The van der Waals surface area contributed by atoms with Crippen LogP contribution in [0.2, 0.25) is 0 Å². The number of carboxylic acid groups (broad SMARTS) is 1. The van der Waals surface area contributed by atoms with E-state index in [9.17, 15) is 9.90 Å². The lowest BCUT2D eigenvalue weighted by Crippen LogP contribution is -1.99. The van der Waals surface area contributed by atoms with E-state index in [0.717, 1.165) is 17.3 Å². The first kappa shape index (κ1) is 8.89. The number of aromatic hydroxyl groups is 1. The zero-order chi connectivity index (χ0) is 10.3. The second-order valence-electron chi connectivity index (χ2n) is 2.85. The van der Waals surface area contributed by atoms with Crippen molar-refractivity contribution in [3.63, 3.8) is 0 Å². The molecule has 0 saturated carbocycles. The quantitative estimate of drug-likeness (QED) is 0.743. The Morgan fingerprint density at radius 2 is 2.07 bits per heavy atom. The van der Waals surface area contributed by atoms with Gasteiger partial charge in [-0.3, -0.25) is 0 Å². The standard InChI is InChI=1S/C8H6N2O3S/c1-3-2-4(11)5(8(12)13)7-6(3)9-14-10-7/h2,11H,1H3,(H,12,13). The van der Waals surface area contributed by atoms with E-state index >= 15 is 0 Å². The Hall–Kier alpha value is -1.69. The van der Waals surface area contributed by atoms with Crippen molar-refractivity contribution in [1.29, 1.82) is 0 Å². The van der Waals surface area contributed by atoms with Crippen molar-refractivity contribution in [3.05, 3.63) is 17.2 Å². The van der Waals surface area contributed by atoms with Gasteiger partial charge in [-0.15, -0.1) is 0 Å². The van der Waals surface area contributed by atoms with Gasteiger partial charge in [-0.05, 0) is 18.6 Å². The fourth-order valence-corrected chi connectivity index (χ4v) is 1.90. The van der Waals surface area contributed by atoms with Gasteiger partial charge < -0.3 is 10.2 Å². The molecular formula is C8H6N2O3S. The fraction of sp³-hybridized carbons (Fsp3) is 0.125. The summed E-state index contributed by atoms with van der Waals surface area (Å²) >= 11 is 0.933. The van der Waals surface area contributed by atoms with Crippen molar-refractivity contribution in [2.45, 2.75) is 6.92 Å². The number of carbonyl (C=O) groups is 1. The molecule has 5 nitrogen and oxygen atoms in total. The lowest BCUT2D eigenvalue weighted by Gasteiger charge is -2.01. The Labute approximate surface area is 83.0 Å². The number of aromatic carboxylic acids is 1. The molecule has 1 aromatic carbocycles. The number of aromatic nitrogens is 2. The summed E-state index contributed by atoms with van der Waals surface area (Å²) in [5, 5.41) is 18.3. The summed E-state index contributed by atoms with van der Waals surface area (Å²) in [6.07, 6.45) is 0. The first-order valence-electron chi connectivity index (χ1n) is 3.79. The molecule has 14 heavy (non-hydrogen) atoms. The molecule has 2 rings (SSSR count). The molecule has 1 heterocycles. The van der Waals surface area contributed by atoms with Crippen LogP contribution in [0.25, 0.3) is 11.0 Å². The second kappa shape index (κ2) is 2.91. The minimum absolute atomic E-state index is 0.181. The maximum absolute atomic E-state index is 10.8. The summed E-state index contributed by atoms with van der Waals surface area (Å²) in [6, 6.07) is 1.38. The van der Waals surface area contributed by atoms with E-state index in [1.807, 2.05) is 0 Å². The van der Waals surface area contributed by atoms with Gasteiger partial charge in [0.25, 0.3) is 0 Å². The normalized spacial score (nSPS) is 10.6. The first-order valence-corrected chi connectivity index (χ1v) is 4.52. The van der Waals surface area contributed by atoms with Crippen LogP contribution in [0.5, 0.6) is 5.75 Å². The van der Waals surface area contributed by atoms with Crippen LogP contribution in [-0.4, -0.2) is 24.9 Å². The molecule has 0 aliphatic carbocycles. The summed E-state index contributed by atoms with van der Waals surface area (Å²) < 4.78 is 7.81. The third-order valence-electron chi connectivity index (χ3n) is 1.92. The van der Waals surface area contributed by atoms with E-state index in [0.29, 0.717) is 5.52 Å². The van der Waals surface area contributed by atoms with Crippen LogP contribution in [0.4, 0.5) is 0 Å². The Balaban J connectivity index is 2.93. The van der Waals surface area contributed by atoms with Crippen molar-refractivity contribution >= 4 is 28.7 Å². The van der Waals surface area contributed by atoms with Crippen molar-refractivity contribution < 1.29 is 15.0 Å². The molecule has 0 saturated heterocycles. The van der Waals surface area contributed by atoms with Crippen LogP contribution < -0.4 is 0 Å². The van der Waals surface area contributed by atoms with Crippen molar-refractivity contribution in [2.24, 2.45) is 0 Å². The molecule has 0 radical (unpaired) electrons. The van der Waals surface area contributed by atoms with E-state index in [4.69, 9.17) is 5.11 Å². The molecule has 0 aliphatic heterocycles. The fourth-order valence-electron chi connectivity index (χ4n) is 1.29. The van der Waals surface area contributed by atoms with Crippen LogP contribution >= 0.6 is 11.7 Å². The number of aryl methyl sites for hydroxylation is 1. The van der Waals surface area contributed by atoms with Crippen LogP contribution in [0.3, 0.4) is 0 Å². The van der Waals surface area contributed by atoms with Crippen molar-refractivity contribution in [1.82, 2.24) is 8.75 Å². The van der Waals surface area contributed by atoms with Gasteiger partial charge in [0.1, 0.15) is 22.3 Å². The van der Waals surface area contributed by atoms with Crippen LogP contribution in [0, 0.1) is 6.92 Å². The number of benzene rings is 1. The van der Waals surface area contributed by atoms with E-state index in [-0.39, 0.29) is 16.8 Å². The Morgan fingerprint density at radius 3 is 2.71 bits per heavy atom. The SMILES string of the molecule is Cc1cc(O)c(C(=O)O)c2nsnc12. The molecule has 72 valence electrons. The molecule has 2 aromatic rings. The molecule has 0 amide bonds. The van der Waals surface area contributed by atoms with Gasteiger partial charge in [-0.25, -0.2) is 4.79 Å². The predicted molar refractivity (Wildman–Crippen MR) is 50.8 cm³/mol. The van der Waals surface area contributed by atoms with Crippen LogP contribution in [0.1, 0.15) is 15.9 Å². The summed E-state index contributed by atoms with van der Waals surface area (Å²) in [4.78, 5) is 10.8. The first-order chi connectivity index (χ1) is 6.61. The monoisotopic (exact) mass is 210 g/mol. The number of nitrogens with zero attached hydrogens (tertiary/aromatic N) is 2. The molecule has 2 N–H and O–H groups in total. The van der Waals surface area contributed by atoms with Gasteiger partial charge in [-0.2, -0.15) is 8.75 Å². The molecule has 1 aromatic heterocycles. The highest BCUT2D eigenvalue weighted by Crippen LogP contribution is 2.28. The maximum atomic E-state index is 10.8. The van der Waals surface area contributed by atoms with E-state index in [1.54, 1.807) is 6.92 Å². The molecule has 0 unspecified atom stereocenters. The topological polar surface area (TPSA) is 83.3 Å². The molecule has 0 atom stereocenters. The van der Waals surface area contributed by atoms with Gasteiger partial charge in [0.05, 0.1) is 11.7 Å². The summed E-state index contributed by atoms with van der Waals surface area (Å²) in [7, 11) is 0. The summed E-state index contributed by atoms with van der Waals surface area (Å²) in [6.45, 7) is 1.75. The Kier molecular flexibility index (Phi) is 1.85. The van der Waals surface area contributed by atoms with Crippen LogP contribution in [-0.2, 0) is 0 Å². The summed E-state index contributed by atoms with van der Waals surface area (Å²) in [5.41, 5.74) is 1.32. The largest absolute Gasteiger partial charge is 0.507 e. The van der Waals surface area contributed by atoms with Crippen molar-refractivity contribution in [2.75, 3.05) is 0 Å². The van der Waals surface area contributed by atoms with Gasteiger partial charge in [0.2, 0.25) is 0 Å². The van der Waals surface area contributed by atoms with E-state index in [1.165, 1.54) is 6.07 Å². The molecule has 0 bridgehead atoms. The molecule has 6 heteroatoms. The highest BCUT2D eigenvalue weighted by atomic mass is 32.1. The lowest BCUT2D eigenvalue weighted by atomic mass is 10.1. The van der Waals surface area contributed by atoms with Gasteiger partial charge in [-0.1, -0.05) is 0 Å². The number of rotatable bonds is 1. The molecular weight excluding hydrogens is 204 g/mol. The minimum Gasteiger partial charge on any atom is -0.507 e. The van der Waals surface area contributed by atoms with E-state index < -0.39 is 5.97 Å². The molecule has 0 aliphatic rings. The number of carboxylic acids is 1. The second-order valence-corrected chi connectivity index (χ2v) is 3.38. The highest BCUT2D eigenvalue weighted by molar-refractivity contribution is 7.00. The van der Waals surface area contributed by atoms with Crippen LogP contribution in [0.15, 0.2) is 6.07 Å². The maximum Gasteiger partial charge on any atom is 0.341 e. The van der Waals surface area contributed by atoms with E-state index in [2.05, 4.69) is 8.75 Å². The Morgan fingerprint density at radius 1 is 1.43 bits per heavy atom. The number of fused-ring (bicyclic) bond motifs is 1. The predicted octanol–water partition coefficient (Wildman–Crippen LogP) is 1.40. The Bertz CT molecular complexity index is 521. The van der Waals surface area contributed by atoms with Crippen molar-refractivity contribution in [3.8, 4) is 5.75 Å². The zero-order valence-electron chi connectivity index (χ0n) is 7.18. The smallest absolute Gasteiger partial charge is 0.341 e. The molecule has 0 fully saturated rings. The number of hydrogen-bond donors (Lipinski definition) is 2. The average molecular weight is 210 g/mol. The minimum atomic E-state index is -1.19. The van der Waals surface area contributed by atoms with Gasteiger partial charge >= 0.3 is 5.97 Å². The van der Waals surface area contributed by atoms with Gasteiger partial charge in [0.15, 0.2) is 0 Å². The average Bonchev–Trinajstić information content (AvgIpc) is 2.51. The highest BCUT2D eigenvalue weighted by Gasteiger charge is 2.18. The lowest BCUT2D eigenvalue weighted by molar-refractivity contribution is 0.0696. The third kappa shape index (κ3) is 1.12. The zero-order valence-corrected chi connectivity index (χ0v) is 8.00. The number of hydrogen-bond acceptors (Lipinski definition) is 5. The summed E-state index contributed by atoms with van der Waals surface area (Å²) in [5.74, 6) is -1.46. The number of phenols is 1. The third-order valence-corrected chi connectivity index (χ3v) is 2.45. The molecule has 0 spiro atoms. The van der Waals surface area contributed by atoms with Gasteiger partial charge in [0, 0.05) is 0 Å².